The molecule has 3 nitrogen and oxygen atoms in total. The number of carbonyl (C=O) groups is 1. The van der Waals surface area contributed by atoms with Crippen molar-refractivity contribution in [1.82, 2.24) is 0 Å². The number of anilines is 2. The van der Waals surface area contributed by atoms with Gasteiger partial charge in [0.25, 0.3) is 0 Å². The van der Waals surface area contributed by atoms with Crippen LogP contribution in [0.15, 0.2) is 53.0 Å². The van der Waals surface area contributed by atoms with Crippen LogP contribution in [0.1, 0.15) is 38.3 Å². The molecule has 0 radical (unpaired) electrons. The molecule has 4 heteroatoms. The predicted octanol–water partition coefficient (Wildman–Crippen LogP) is 5.14. The molecule has 0 spiro atoms. The van der Waals surface area contributed by atoms with Crippen LogP contribution in [-0.4, -0.2) is 11.9 Å². The summed E-state index contributed by atoms with van der Waals surface area (Å²) in [5.74, 6) is 0.110. The summed E-state index contributed by atoms with van der Waals surface area (Å²) in [6, 6.07) is 16.8. The number of fused-ring (bicyclic) bond motifs is 1. The molecular weight excluding hydrogens is 352 g/mol. The van der Waals surface area contributed by atoms with E-state index in [1.807, 2.05) is 35.2 Å². The van der Waals surface area contributed by atoms with Gasteiger partial charge in [-0.05, 0) is 48.7 Å². The number of hydrogen-bond acceptors (Lipinski definition) is 2. The highest BCUT2D eigenvalue weighted by Gasteiger charge is 2.33. The zero-order chi connectivity index (χ0) is 16.4. The highest BCUT2D eigenvalue weighted by Crippen LogP contribution is 2.41. The van der Waals surface area contributed by atoms with Crippen molar-refractivity contribution in [3.63, 3.8) is 0 Å². The summed E-state index contributed by atoms with van der Waals surface area (Å²) in [5, 5.41) is 3.63. The van der Waals surface area contributed by atoms with E-state index in [1.165, 1.54) is 5.56 Å². The second kappa shape index (κ2) is 6.75. The number of halogens is 1. The van der Waals surface area contributed by atoms with Crippen molar-refractivity contribution in [2.75, 3.05) is 10.2 Å². The van der Waals surface area contributed by atoms with Crippen LogP contribution >= 0.6 is 15.9 Å². The van der Waals surface area contributed by atoms with E-state index in [0.717, 1.165) is 28.7 Å². The van der Waals surface area contributed by atoms with Gasteiger partial charge in [0.05, 0.1) is 6.04 Å². The van der Waals surface area contributed by atoms with Crippen LogP contribution in [0.2, 0.25) is 0 Å². The molecule has 0 aromatic heterocycles. The fraction of sp³-hybridized carbons (Fsp3) is 0.316. The van der Waals surface area contributed by atoms with Gasteiger partial charge in [-0.3, -0.25) is 4.79 Å². The molecule has 2 aromatic carbocycles. The molecular formula is C19H21BrN2O. The van der Waals surface area contributed by atoms with Crippen LogP contribution in [0.3, 0.4) is 0 Å². The van der Waals surface area contributed by atoms with Gasteiger partial charge in [0.1, 0.15) is 0 Å². The molecule has 2 aromatic rings. The first-order valence-corrected chi connectivity index (χ1v) is 8.80. The number of hydrogen-bond donors (Lipinski definition) is 1. The van der Waals surface area contributed by atoms with Crippen molar-refractivity contribution < 1.29 is 4.79 Å². The number of nitrogens with zero attached hydrogens (tertiary/aromatic N) is 1. The van der Waals surface area contributed by atoms with Gasteiger partial charge >= 0.3 is 0 Å². The van der Waals surface area contributed by atoms with Gasteiger partial charge in [-0.15, -0.1) is 0 Å². The third kappa shape index (κ3) is 3.27. The van der Waals surface area contributed by atoms with E-state index in [0.29, 0.717) is 0 Å². The predicted molar refractivity (Wildman–Crippen MR) is 98.8 cm³/mol. The molecule has 120 valence electrons. The topological polar surface area (TPSA) is 32.3 Å². The number of carbonyl (C=O) groups excluding carboxylic acids is 1. The Morgan fingerprint density at radius 2 is 2.00 bits per heavy atom. The monoisotopic (exact) mass is 372 g/mol. The average Bonchev–Trinajstić information content (AvgIpc) is 2.55. The average molecular weight is 373 g/mol. The first-order valence-electron chi connectivity index (χ1n) is 8.01. The van der Waals surface area contributed by atoms with Gasteiger partial charge in [0.2, 0.25) is 5.91 Å². The Kier molecular flexibility index (Phi) is 4.71. The lowest BCUT2D eigenvalue weighted by atomic mass is 9.89. The highest BCUT2D eigenvalue weighted by atomic mass is 79.9. The molecule has 23 heavy (non-hydrogen) atoms. The molecule has 0 bridgehead atoms. The maximum Gasteiger partial charge on any atom is 0.224 e. The summed E-state index contributed by atoms with van der Waals surface area (Å²) in [5.41, 5.74) is 3.30. The first kappa shape index (κ1) is 16.1. The second-order valence-corrected chi connectivity index (χ2v) is 6.87. The minimum Gasteiger partial charge on any atom is -0.378 e. The summed E-state index contributed by atoms with van der Waals surface area (Å²) in [6.45, 7) is 3.80. The van der Waals surface area contributed by atoms with Crippen molar-refractivity contribution in [3.05, 3.63) is 58.6 Å². The van der Waals surface area contributed by atoms with Crippen molar-refractivity contribution >= 4 is 33.2 Å². The van der Waals surface area contributed by atoms with Crippen molar-refractivity contribution in [3.8, 4) is 0 Å². The molecule has 1 aliphatic rings. The Morgan fingerprint density at radius 3 is 2.65 bits per heavy atom. The quantitative estimate of drug-likeness (QED) is 0.808. The van der Waals surface area contributed by atoms with Crippen molar-refractivity contribution in [2.24, 2.45) is 0 Å². The van der Waals surface area contributed by atoms with E-state index < -0.39 is 0 Å². The summed E-state index contributed by atoms with van der Waals surface area (Å²) in [6.07, 6.45) is 1.86. The molecule has 0 unspecified atom stereocenters. The van der Waals surface area contributed by atoms with E-state index >= 15 is 0 Å². The zero-order valence-electron chi connectivity index (χ0n) is 13.4. The molecule has 1 heterocycles. The number of para-hydroxylation sites is 1. The van der Waals surface area contributed by atoms with E-state index in [-0.39, 0.29) is 18.0 Å². The van der Waals surface area contributed by atoms with E-state index in [4.69, 9.17) is 0 Å². The van der Waals surface area contributed by atoms with E-state index in [9.17, 15) is 4.79 Å². The Balaban J connectivity index is 2.02. The largest absolute Gasteiger partial charge is 0.378 e. The summed E-state index contributed by atoms with van der Waals surface area (Å²) in [7, 11) is 0. The Hall–Kier alpha value is -1.81. The maximum absolute atomic E-state index is 12.2. The third-order valence-corrected chi connectivity index (χ3v) is 4.92. The lowest BCUT2D eigenvalue weighted by molar-refractivity contribution is -0.117. The van der Waals surface area contributed by atoms with Crippen LogP contribution in [0, 0.1) is 0 Å². The summed E-state index contributed by atoms with van der Waals surface area (Å²) in [4.78, 5) is 14.1. The minimum absolute atomic E-state index is 0.110. The van der Waals surface area contributed by atoms with E-state index in [1.54, 1.807) is 6.92 Å². The van der Waals surface area contributed by atoms with Crippen molar-refractivity contribution in [2.45, 2.75) is 38.8 Å². The molecule has 0 fully saturated rings. The van der Waals surface area contributed by atoms with Gasteiger partial charge in [0.15, 0.2) is 0 Å². The molecule has 1 N–H and O–H groups in total. The molecule has 2 atom stereocenters. The van der Waals surface area contributed by atoms with Gasteiger partial charge in [-0.2, -0.15) is 0 Å². The lowest BCUT2D eigenvalue weighted by Crippen LogP contribution is -2.44. The Bertz CT molecular complexity index is 702. The molecule has 0 saturated heterocycles. The van der Waals surface area contributed by atoms with Crippen molar-refractivity contribution in [1.29, 1.82) is 0 Å². The van der Waals surface area contributed by atoms with Crippen LogP contribution in [-0.2, 0) is 4.79 Å². The molecule has 3 rings (SSSR count). The number of amides is 1. The second-order valence-electron chi connectivity index (χ2n) is 5.95. The Labute approximate surface area is 145 Å². The number of benzene rings is 2. The van der Waals surface area contributed by atoms with Gasteiger partial charge in [-0.1, -0.05) is 41.1 Å². The smallest absolute Gasteiger partial charge is 0.224 e. The van der Waals surface area contributed by atoms with Gasteiger partial charge in [0, 0.05) is 28.8 Å². The van der Waals surface area contributed by atoms with Gasteiger partial charge in [-0.25, -0.2) is 0 Å². The zero-order valence-corrected chi connectivity index (χ0v) is 15.0. The minimum atomic E-state index is 0.110. The van der Waals surface area contributed by atoms with Gasteiger partial charge < -0.3 is 10.2 Å². The lowest BCUT2D eigenvalue weighted by Gasteiger charge is -2.41. The SMILES string of the molecule is CC[C@@H]1C[C@H](Nc2ccccc2)c2cc(Br)ccc2N1C(C)=O. The maximum atomic E-state index is 12.2. The summed E-state index contributed by atoms with van der Waals surface area (Å²) < 4.78 is 1.04. The van der Waals surface area contributed by atoms with Crippen LogP contribution in [0.25, 0.3) is 0 Å². The molecule has 0 saturated carbocycles. The van der Waals surface area contributed by atoms with Crippen LogP contribution in [0.5, 0.6) is 0 Å². The number of rotatable bonds is 3. The fourth-order valence-corrected chi connectivity index (χ4v) is 3.75. The summed E-state index contributed by atoms with van der Waals surface area (Å²) >= 11 is 3.56. The third-order valence-electron chi connectivity index (χ3n) is 4.42. The fourth-order valence-electron chi connectivity index (χ4n) is 3.37. The normalized spacial score (nSPS) is 20.0. The van der Waals surface area contributed by atoms with Crippen LogP contribution in [0.4, 0.5) is 11.4 Å². The van der Waals surface area contributed by atoms with E-state index in [2.05, 4.69) is 46.4 Å². The molecule has 1 aliphatic heterocycles. The molecule has 1 amide bonds. The highest BCUT2D eigenvalue weighted by molar-refractivity contribution is 9.10. The van der Waals surface area contributed by atoms with Crippen LogP contribution < -0.4 is 10.2 Å². The standard InChI is InChI=1S/C19H21BrN2O/c1-3-16-12-18(21-15-7-5-4-6-8-15)17-11-14(20)9-10-19(17)22(16)13(2)23/h4-11,16,18,21H,3,12H2,1-2H3/t16-,18+/m1/s1. The number of nitrogens with one attached hydrogen (secondary N) is 1. The Morgan fingerprint density at radius 1 is 1.26 bits per heavy atom. The first-order chi connectivity index (χ1) is 11.1. The molecule has 0 aliphatic carbocycles.